The second-order valence-corrected chi connectivity index (χ2v) is 3.83. The van der Waals surface area contributed by atoms with Gasteiger partial charge in [0.1, 0.15) is 0 Å². The van der Waals surface area contributed by atoms with E-state index >= 15 is 0 Å². The van der Waals surface area contributed by atoms with Gasteiger partial charge in [-0.3, -0.25) is 20.2 Å². The predicted molar refractivity (Wildman–Crippen MR) is 65.5 cm³/mol. The van der Waals surface area contributed by atoms with Crippen molar-refractivity contribution in [2.45, 2.75) is 0 Å². The first-order valence-corrected chi connectivity index (χ1v) is 5.25. The van der Waals surface area contributed by atoms with Crippen molar-refractivity contribution in [1.82, 2.24) is 9.78 Å². The zero-order valence-corrected chi connectivity index (χ0v) is 10.0. The lowest BCUT2D eigenvalue weighted by atomic mass is 10.2. The van der Waals surface area contributed by atoms with Crippen LogP contribution >= 0.6 is 0 Å². The average molecular weight is 294 g/mol. The zero-order chi connectivity index (χ0) is 15.7. The molecule has 0 saturated heterocycles. The van der Waals surface area contributed by atoms with Crippen LogP contribution in [0.15, 0.2) is 24.4 Å². The van der Waals surface area contributed by atoms with Crippen LogP contribution < -0.4 is 0 Å². The molecule has 0 saturated carbocycles. The van der Waals surface area contributed by atoms with Gasteiger partial charge in [0.15, 0.2) is 5.75 Å². The van der Waals surface area contributed by atoms with Crippen molar-refractivity contribution in [3.05, 3.63) is 50.3 Å². The quantitative estimate of drug-likeness (QED) is 0.625. The molecule has 11 heteroatoms. The van der Waals surface area contributed by atoms with E-state index in [1.165, 1.54) is 0 Å². The van der Waals surface area contributed by atoms with Crippen LogP contribution in [-0.4, -0.2) is 35.8 Å². The molecule has 0 aliphatic rings. The van der Waals surface area contributed by atoms with Crippen LogP contribution in [0, 0.1) is 20.2 Å². The van der Waals surface area contributed by atoms with E-state index in [1.807, 2.05) is 0 Å². The number of rotatable bonds is 4. The largest absolute Gasteiger partial charge is 0.504 e. The SMILES string of the molecule is O=C(O)c1nn(-c2cc([N+](=O)[O-])cc([N+](=O)[O-])c2)cc1O. The van der Waals surface area contributed by atoms with Gasteiger partial charge in [-0.05, 0) is 0 Å². The lowest BCUT2D eigenvalue weighted by molar-refractivity contribution is -0.394. The maximum atomic E-state index is 10.8. The van der Waals surface area contributed by atoms with Crippen molar-refractivity contribution in [3.63, 3.8) is 0 Å². The van der Waals surface area contributed by atoms with Gasteiger partial charge in [-0.15, -0.1) is 0 Å². The first-order valence-electron chi connectivity index (χ1n) is 5.25. The molecular weight excluding hydrogens is 288 g/mol. The summed E-state index contributed by atoms with van der Waals surface area (Å²) >= 11 is 0. The summed E-state index contributed by atoms with van der Waals surface area (Å²) < 4.78 is 0.804. The van der Waals surface area contributed by atoms with Crippen LogP contribution in [0.4, 0.5) is 11.4 Å². The molecule has 1 aromatic heterocycles. The number of aromatic carboxylic acids is 1. The number of carboxylic acids is 1. The minimum atomic E-state index is -1.51. The smallest absolute Gasteiger partial charge is 0.360 e. The minimum Gasteiger partial charge on any atom is -0.504 e. The van der Waals surface area contributed by atoms with Crippen LogP contribution in [0.3, 0.4) is 0 Å². The molecule has 0 aliphatic heterocycles. The molecule has 0 bridgehead atoms. The lowest BCUT2D eigenvalue weighted by Gasteiger charge is -2.01. The van der Waals surface area contributed by atoms with Gasteiger partial charge in [-0.25, -0.2) is 9.48 Å². The Hall–Kier alpha value is -3.50. The first kappa shape index (κ1) is 13.9. The van der Waals surface area contributed by atoms with Gasteiger partial charge in [0.2, 0.25) is 5.69 Å². The normalized spacial score (nSPS) is 10.3. The number of benzene rings is 1. The average Bonchev–Trinajstić information content (AvgIpc) is 2.80. The molecule has 108 valence electrons. The molecule has 11 nitrogen and oxygen atoms in total. The molecule has 1 heterocycles. The summed E-state index contributed by atoms with van der Waals surface area (Å²) in [5.74, 6) is -2.18. The number of carboxylic acid groups (broad SMARTS) is 1. The number of nitro groups is 2. The Morgan fingerprint density at radius 1 is 1.14 bits per heavy atom. The van der Waals surface area contributed by atoms with Gasteiger partial charge in [0, 0.05) is 12.1 Å². The highest BCUT2D eigenvalue weighted by Gasteiger charge is 2.20. The lowest BCUT2D eigenvalue weighted by Crippen LogP contribution is -2.02. The zero-order valence-electron chi connectivity index (χ0n) is 10.0. The number of aromatic hydroxyl groups is 1. The molecule has 0 fully saturated rings. The molecule has 21 heavy (non-hydrogen) atoms. The molecule has 0 spiro atoms. The minimum absolute atomic E-state index is 0.126. The van der Waals surface area contributed by atoms with Gasteiger partial charge < -0.3 is 10.2 Å². The van der Waals surface area contributed by atoms with Gasteiger partial charge in [-0.2, -0.15) is 5.10 Å². The van der Waals surface area contributed by atoms with Crippen molar-refractivity contribution < 1.29 is 24.9 Å². The van der Waals surface area contributed by atoms with E-state index in [2.05, 4.69) is 5.10 Å². The summed E-state index contributed by atoms with van der Waals surface area (Å²) in [6, 6.07) is 2.68. The molecule has 0 aliphatic carbocycles. The molecule has 0 atom stereocenters. The Morgan fingerprint density at radius 3 is 2.05 bits per heavy atom. The predicted octanol–water partition coefficient (Wildman–Crippen LogP) is 1.09. The molecule has 1 aromatic carbocycles. The summed E-state index contributed by atoms with van der Waals surface area (Å²) in [4.78, 5) is 30.6. The number of carbonyl (C=O) groups is 1. The molecule has 2 aromatic rings. The van der Waals surface area contributed by atoms with Crippen molar-refractivity contribution in [1.29, 1.82) is 0 Å². The molecule has 2 N–H and O–H groups in total. The van der Waals surface area contributed by atoms with E-state index < -0.39 is 38.6 Å². The molecular formula is C10H6N4O7. The number of hydrogen-bond donors (Lipinski definition) is 2. The van der Waals surface area contributed by atoms with Crippen LogP contribution in [0.5, 0.6) is 5.75 Å². The van der Waals surface area contributed by atoms with Crippen molar-refractivity contribution >= 4 is 17.3 Å². The fourth-order valence-electron chi connectivity index (χ4n) is 1.57. The van der Waals surface area contributed by atoms with E-state index in [0.717, 1.165) is 29.1 Å². The molecule has 0 radical (unpaired) electrons. The van der Waals surface area contributed by atoms with E-state index in [9.17, 15) is 30.1 Å². The van der Waals surface area contributed by atoms with E-state index in [4.69, 9.17) is 5.11 Å². The fraction of sp³-hybridized carbons (Fsp3) is 0. The second-order valence-electron chi connectivity index (χ2n) is 3.83. The molecule has 2 rings (SSSR count). The first-order chi connectivity index (χ1) is 9.79. The standard InChI is InChI=1S/C10H6N4O7/c15-8-4-12(11-9(8)10(16)17)5-1-6(13(18)19)3-7(2-5)14(20)21/h1-4,15H,(H,16,17). The third kappa shape index (κ3) is 2.60. The van der Waals surface area contributed by atoms with Gasteiger partial charge in [0.25, 0.3) is 11.4 Å². The monoisotopic (exact) mass is 294 g/mol. The summed E-state index contributed by atoms with van der Waals surface area (Å²) in [6.45, 7) is 0. The number of nitro benzene ring substituents is 2. The van der Waals surface area contributed by atoms with Crippen LogP contribution in [-0.2, 0) is 0 Å². The Morgan fingerprint density at radius 2 is 1.67 bits per heavy atom. The number of hydrogen-bond acceptors (Lipinski definition) is 7. The Balaban J connectivity index is 2.62. The summed E-state index contributed by atoms with van der Waals surface area (Å²) in [7, 11) is 0. The second kappa shape index (κ2) is 4.88. The maximum Gasteiger partial charge on any atom is 0.360 e. The van der Waals surface area contributed by atoms with Crippen molar-refractivity contribution in [2.24, 2.45) is 0 Å². The highest BCUT2D eigenvalue weighted by atomic mass is 16.6. The van der Waals surface area contributed by atoms with Crippen LogP contribution in [0.25, 0.3) is 5.69 Å². The fourth-order valence-corrected chi connectivity index (χ4v) is 1.57. The van der Waals surface area contributed by atoms with Gasteiger partial charge in [0.05, 0.1) is 27.8 Å². The summed E-state index contributed by atoms with van der Waals surface area (Å²) in [5, 5.41) is 43.1. The van der Waals surface area contributed by atoms with E-state index in [0.29, 0.717) is 0 Å². The Labute approximate surface area is 115 Å². The Kier molecular flexibility index (Phi) is 3.24. The number of non-ortho nitro benzene ring substituents is 2. The van der Waals surface area contributed by atoms with Gasteiger partial charge >= 0.3 is 5.97 Å². The number of nitrogens with zero attached hydrogens (tertiary/aromatic N) is 4. The number of aromatic nitrogens is 2. The van der Waals surface area contributed by atoms with Crippen molar-refractivity contribution in [2.75, 3.05) is 0 Å². The van der Waals surface area contributed by atoms with Crippen LogP contribution in [0.2, 0.25) is 0 Å². The summed E-state index contributed by atoms with van der Waals surface area (Å²) in [6.07, 6.45) is 0.881. The topological polar surface area (TPSA) is 162 Å². The third-order valence-electron chi connectivity index (χ3n) is 2.47. The summed E-state index contributed by atoms with van der Waals surface area (Å²) in [5.41, 5.74) is -1.93. The van der Waals surface area contributed by atoms with E-state index in [-0.39, 0.29) is 5.69 Å². The highest BCUT2D eigenvalue weighted by molar-refractivity contribution is 5.88. The van der Waals surface area contributed by atoms with Crippen LogP contribution in [0.1, 0.15) is 10.5 Å². The van der Waals surface area contributed by atoms with Gasteiger partial charge in [-0.1, -0.05) is 0 Å². The Bertz CT molecular complexity index is 735. The maximum absolute atomic E-state index is 10.8. The highest BCUT2D eigenvalue weighted by Crippen LogP contribution is 2.26. The molecule has 0 unspecified atom stereocenters. The molecule has 0 amide bonds. The van der Waals surface area contributed by atoms with E-state index in [1.54, 1.807) is 0 Å². The third-order valence-corrected chi connectivity index (χ3v) is 2.47. The van der Waals surface area contributed by atoms with Crippen molar-refractivity contribution in [3.8, 4) is 11.4 Å².